The zero-order valence-corrected chi connectivity index (χ0v) is 14.3. The number of nitrogens with one attached hydrogen (secondary N) is 1. The van der Waals surface area contributed by atoms with Crippen molar-refractivity contribution in [2.24, 2.45) is 0 Å². The Labute approximate surface area is 146 Å². The number of anilines is 1. The number of aryl methyl sites for hydroxylation is 1. The van der Waals surface area contributed by atoms with Crippen LogP contribution in [-0.2, 0) is 6.54 Å². The minimum Gasteiger partial charge on any atom is -0.369 e. The van der Waals surface area contributed by atoms with Gasteiger partial charge in [-0.3, -0.25) is 9.88 Å². The van der Waals surface area contributed by atoms with E-state index in [1.54, 1.807) is 0 Å². The molecule has 0 saturated carbocycles. The van der Waals surface area contributed by atoms with Crippen LogP contribution in [0, 0.1) is 6.92 Å². The summed E-state index contributed by atoms with van der Waals surface area (Å²) >= 11 is 0. The number of rotatable bonds is 4. The van der Waals surface area contributed by atoms with E-state index in [-0.39, 0.29) is 0 Å². The van der Waals surface area contributed by atoms with E-state index in [4.69, 9.17) is 0 Å². The van der Waals surface area contributed by atoms with Gasteiger partial charge in [0.1, 0.15) is 0 Å². The molecule has 1 saturated heterocycles. The lowest BCUT2D eigenvalue weighted by Crippen LogP contribution is -2.46. The Morgan fingerprint density at radius 2 is 2.00 bits per heavy atom. The Morgan fingerprint density at radius 3 is 2.76 bits per heavy atom. The third-order valence-electron chi connectivity index (χ3n) is 4.64. The SMILES string of the molecule is Cc1cnccc1N1CCN(Cc2cccc(-c3nn[nH]n3)c2)CC1. The molecule has 128 valence electrons. The molecule has 0 atom stereocenters. The monoisotopic (exact) mass is 335 g/mol. The highest BCUT2D eigenvalue weighted by molar-refractivity contribution is 5.55. The van der Waals surface area contributed by atoms with Crippen LogP contribution < -0.4 is 4.90 Å². The second-order valence-corrected chi connectivity index (χ2v) is 6.36. The molecule has 0 amide bonds. The second-order valence-electron chi connectivity index (χ2n) is 6.36. The van der Waals surface area contributed by atoms with Crippen molar-refractivity contribution in [3.63, 3.8) is 0 Å². The third kappa shape index (κ3) is 3.51. The van der Waals surface area contributed by atoms with Crippen LogP contribution in [0.3, 0.4) is 0 Å². The zero-order chi connectivity index (χ0) is 17.1. The number of aromatic nitrogens is 5. The van der Waals surface area contributed by atoms with E-state index in [9.17, 15) is 0 Å². The molecule has 0 radical (unpaired) electrons. The average Bonchev–Trinajstić information content (AvgIpc) is 3.18. The summed E-state index contributed by atoms with van der Waals surface area (Å²) in [6, 6.07) is 10.5. The van der Waals surface area contributed by atoms with Crippen molar-refractivity contribution in [1.82, 2.24) is 30.5 Å². The van der Waals surface area contributed by atoms with Crippen molar-refractivity contribution in [1.29, 1.82) is 0 Å². The third-order valence-corrected chi connectivity index (χ3v) is 4.64. The first-order valence-electron chi connectivity index (χ1n) is 8.50. The number of piperazine rings is 1. The molecule has 0 unspecified atom stereocenters. The maximum atomic E-state index is 4.19. The van der Waals surface area contributed by atoms with Crippen molar-refractivity contribution in [3.8, 4) is 11.4 Å². The van der Waals surface area contributed by atoms with Crippen LogP contribution in [0.2, 0.25) is 0 Å². The van der Waals surface area contributed by atoms with E-state index in [0.717, 1.165) is 38.3 Å². The van der Waals surface area contributed by atoms with Gasteiger partial charge in [-0.2, -0.15) is 5.21 Å². The van der Waals surface area contributed by atoms with E-state index in [0.29, 0.717) is 5.82 Å². The summed E-state index contributed by atoms with van der Waals surface area (Å²) in [5.41, 5.74) is 4.81. The maximum Gasteiger partial charge on any atom is 0.204 e. The number of tetrazole rings is 1. The van der Waals surface area contributed by atoms with Crippen molar-refractivity contribution in [3.05, 3.63) is 53.9 Å². The summed E-state index contributed by atoms with van der Waals surface area (Å²) < 4.78 is 0. The molecule has 0 bridgehead atoms. The molecule has 2 aromatic heterocycles. The lowest BCUT2D eigenvalue weighted by atomic mass is 10.1. The van der Waals surface area contributed by atoms with Gasteiger partial charge in [-0.05, 0) is 35.4 Å². The van der Waals surface area contributed by atoms with Gasteiger partial charge < -0.3 is 4.90 Å². The van der Waals surface area contributed by atoms with Crippen molar-refractivity contribution in [2.45, 2.75) is 13.5 Å². The molecule has 0 spiro atoms. The van der Waals surface area contributed by atoms with Gasteiger partial charge in [0.05, 0.1) is 0 Å². The van der Waals surface area contributed by atoms with E-state index >= 15 is 0 Å². The van der Waals surface area contributed by atoms with Gasteiger partial charge in [-0.25, -0.2) is 0 Å². The molecule has 1 aromatic carbocycles. The van der Waals surface area contributed by atoms with Gasteiger partial charge >= 0.3 is 0 Å². The van der Waals surface area contributed by atoms with Crippen LogP contribution in [0.15, 0.2) is 42.7 Å². The molecule has 3 aromatic rings. The quantitative estimate of drug-likeness (QED) is 0.785. The topological polar surface area (TPSA) is 73.8 Å². The highest BCUT2D eigenvalue weighted by Crippen LogP contribution is 2.21. The molecule has 1 aliphatic rings. The highest BCUT2D eigenvalue weighted by Gasteiger charge is 2.18. The standard InChI is InChI=1S/C18H21N7/c1-14-12-19-6-5-17(14)25-9-7-24(8-10-25)13-15-3-2-4-16(11-15)18-20-22-23-21-18/h2-6,11-12H,7-10,13H2,1H3,(H,20,21,22,23). The van der Waals surface area contributed by atoms with Gasteiger partial charge in [-0.15, -0.1) is 10.2 Å². The fraction of sp³-hybridized carbons (Fsp3) is 0.333. The van der Waals surface area contributed by atoms with E-state index in [2.05, 4.69) is 66.6 Å². The first-order chi connectivity index (χ1) is 12.3. The predicted molar refractivity (Wildman–Crippen MR) is 96.1 cm³/mol. The lowest BCUT2D eigenvalue weighted by Gasteiger charge is -2.36. The van der Waals surface area contributed by atoms with Crippen LogP contribution in [0.5, 0.6) is 0 Å². The molecule has 7 heteroatoms. The normalized spacial score (nSPS) is 15.5. The number of pyridine rings is 1. The largest absolute Gasteiger partial charge is 0.369 e. The molecule has 25 heavy (non-hydrogen) atoms. The van der Waals surface area contributed by atoms with Gasteiger partial charge in [0.15, 0.2) is 0 Å². The lowest BCUT2D eigenvalue weighted by molar-refractivity contribution is 0.250. The van der Waals surface area contributed by atoms with E-state index < -0.39 is 0 Å². The number of hydrogen-bond donors (Lipinski definition) is 1. The summed E-state index contributed by atoms with van der Waals surface area (Å²) in [6.07, 6.45) is 3.81. The number of hydrogen-bond acceptors (Lipinski definition) is 6. The minimum absolute atomic E-state index is 0.639. The molecule has 7 nitrogen and oxygen atoms in total. The number of benzene rings is 1. The van der Waals surface area contributed by atoms with Gasteiger partial charge in [-0.1, -0.05) is 18.2 Å². The molecule has 1 fully saturated rings. The Balaban J connectivity index is 1.39. The summed E-state index contributed by atoms with van der Waals surface area (Å²) in [7, 11) is 0. The van der Waals surface area contributed by atoms with Gasteiger partial charge in [0.25, 0.3) is 0 Å². The summed E-state index contributed by atoms with van der Waals surface area (Å²) in [4.78, 5) is 9.12. The summed E-state index contributed by atoms with van der Waals surface area (Å²) in [6.45, 7) is 7.24. The molecular formula is C18H21N7. The van der Waals surface area contributed by atoms with E-state index in [1.165, 1.54) is 16.8 Å². The molecule has 1 aliphatic heterocycles. The Kier molecular flexibility index (Phi) is 4.39. The van der Waals surface area contributed by atoms with Crippen LogP contribution in [0.25, 0.3) is 11.4 Å². The second kappa shape index (κ2) is 6.98. The molecule has 1 N–H and O–H groups in total. The Hall–Kier alpha value is -2.80. The molecule has 4 rings (SSSR count). The number of nitrogens with zero attached hydrogens (tertiary/aromatic N) is 6. The maximum absolute atomic E-state index is 4.19. The van der Waals surface area contributed by atoms with Crippen LogP contribution in [0.4, 0.5) is 5.69 Å². The average molecular weight is 335 g/mol. The van der Waals surface area contributed by atoms with Crippen LogP contribution >= 0.6 is 0 Å². The van der Waals surface area contributed by atoms with Crippen LogP contribution in [0.1, 0.15) is 11.1 Å². The number of H-pyrrole nitrogens is 1. The van der Waals surface area contributed by atoms with Gasteiger partial charge in [0, 0.05) is 56.4 Å². The summed E-state index contributed by atoms with van der Waals surface area (Å²) in [5.74, 6) is 0.639. The highest BCUT2D eigenvalue weighted by atomic mass is 15.5. The Bertz CT molecular complexity index is 823. The molecule has 0 aliphatic carbocycles. The first-order valence-corrected chi connectivity index (χ1v) is 8.50. The van der Waals surface area contributed by atoms with Crippen molar-refractivity contribution >= 4 is 5.69 Å². The summed E-state index contributed by atoms with van der Waals surface area (Å²) in [5, 5.41) is 14.2. The first kappa shape index (κ1) is 15.7. The fourth-order valence-electron chi connectivity index (χ4n) is 3.32. The smallest absolute Gasteiger partial charge is 0.204 e. The van der Waals surface area contributed by atoms with Crippen LogP contribution in [-0.4, -0.2) is 56.7 Å². The minimum atomic E-state index is 0.639. The predicted octanol–water partition coefficient (Wildman–Crippen LogP) is 1.89. The fourth-order valence-corrected chi connectivity index (χ4v) is 3.32. The van der Waals surface area contributed by atoms with Gasteiger partial charge in [0.2, 0.25) is 5.82 Å². The molecule has 3 heterocycles. The van der Waals surface area contributed by atoms with Crippen molar-refractivity contribution < 1.29 is 0 Å². The Morgan fingerprint density at radius 1 is 1.12 bits per heavy atom. The number of aromatic amines is 1. The zero-order valence-electron chi connectivity index (χ0n) is 14.3. The van der Waals surface area contributed by atoms with Crippen molar-refractivity contribution in [2.75, 3.05) is 31.1 Å². The molecular weight excluding hydrogens is 314 g/mol. The van der Waals surface area contributed by atoms with E-state index in [1.807, 2.05) is 18.5 Å².